The molecule has 6 N–H and O–H groups in total. The first kappa shape index (κ1) is 59.5. The minimum Gasteiger partial charge on any atom is -0.481 e. The summed E-state index contributed by atoms with van der Waals surface area (Å²) in [6, 6.07) is 0. The molecule has 0 unspecified atom stereocenters. The average Bonchev–Trinajstić information content (AvgIpc) is 3.12. The molecular formula is C46H96O8. The number of unbranched alkanes of at least 4 members (excludes halogenated alkanes) is 22. The first-order chi connectivity index (χ1) is 25.5. The molecule has 0 rings (SSSR count). The van der Waals surface area contributed by atoms with Gasteiger partial charge in [-0.1, -0.05) is 209 Å². The summed E-state index contributed by atoms with van der Waals surface area (Å²) in [6.07, 6.45) is 34.6. The maximum atomic E-state index is 10.3. The molecule has 0 aliphatic carbocycles. The van der Waals surface area contributed by atoms with E-state index in [2.05, 4.69) is 27.7 Å². The summed E-state index contributed by atoms with van der Waals surface area (Å²) >= 11 is 0. The van der Waals surface area contributed by atoms with Gasteiger partial charge < -0.3 is 30.6 Å². The van der Waals surface area contributed by atoms with E-state index >= 15 is 0 Å². The monoisotopic (exact) mass is 777 g/mol. The van der Waals surface area contributed by atoms with E-state index < -0.39 is 11.9 Å². The first-order valence-electron chi connectivity index (χ1n) is 22.4. The highest BCUT2D eigenvalue weighted by molar-refractivity contribution is 5.66. The molecule has 0 bridgehead atoms. The second kappa shape index (κ2) is 44.5. The second-order valence-electron chi connectivity index (χ2n) is 18.1. The minimum atomic E-state index is -0.654. The van der Waals surface area contributed by atoms with Crippen molar-refractivity contribution in [2.75, 3.05) is 26.4 Å². The van der Waals surface area contributed by atoms with E-state index in [-0.39, 0.29) is 37.3 Å². The summed E-state index contributed by atoms with van der Waals surface area (Å²) in [5.41, 5.74) is -0.611. The molecule has 8 nitrogen and oxygen atoms in total. The van der Waals surface area contributed by atoms with Gasteiger partial charge in [-0.2, -0.15) is 0 Å². The van der Waals surface area contributed by atoms with E-state index in [1.165, 1.54) is 141 Å². The Kier molecular flexibility index (Phi) is 49.0. The molecule has 0 amide bonds. The van der Waals surface area contributed by atoms with E-state index in [1.54, 1.807) is 27.7 Å². The molecule has 0 aromatic carbocycles. The van der Waals surface area contributed by atoms with Crippen LogP contribution in [0.15, 0.2) is 0 Å². The van der Waals surface area contributed by atoms with Crippen LogP contribution in [0.25, 0.3) is 0 Å². The fraction of sp³-hybridized carbons (Fsp3) is 0.957. The lowest BCUT2D eigenvalue weighted by Crippen LogP contribution is -2.20. The summed E-state index contributed by atoms with van der Waals surface area (Å²) in [5.74, 6) is 0.424. The third-order valence-electron chi connectivity index (χ3n) is 9.56. The van der Waals surface area contributed by atoms with Gasteiger partial charge in [0.25, 0.3) is 0 Å². The minimum absolute atomic E-state index is 0.0451. The number of aliphatic hydroxyl groups excluding tert-OH is 4. The van der Waals surface area contributed by atoms with Gasteiger partial charge in [0.15, 0.2) is 0 Å². The standard InChI is InChI=1S/2C18H36O2.2C5H12O2/c2*1-17(2)15-13-11-9-7-5-3-4-6-8-10-12-14-16-18(19)20;2*1-5(2,3-6)4-7/h2*17H,3-16H2,1-2H3,(H,19,20);2*6-7H,3-4H2,1-2H3. The molecule has 54 heavy (non-hydrogen) atoms. The van der Waals surface area contributed by atoms with Gasteiger partial charge in [0.1, 0.15) is 0 Å². The quantitative estimate of drug-likeness (QED) is 0.0353. The van der Waals surface area contributed by atoms with Gasteiger partial charge in [0.05, 0.1) is 26.4 Å². The second-order valence-corrected chi connectivity index (χ2v) is 18.1. The van der Waals surface area contributed by atoms with Crippen LogP contribution in [-0.2, 0) is 9.59 Å². The van der Waals surface area contributed by atoms with E-state index in [9.17, 15) is 9.59 Å². The predicted molar refractivity (Wildman–Crippen MR) is 230 cm³/mol. The van der Waals surface area contributed by atoms with Crippen molar-refractivity contribution in [3.05, 3.63) is 0 Å². The van der Waals surface area contributed by atoms with Crippen molar-refractivity contribution in [1.29, 1.82) is 0 Å². The van der Waals surface area contributed by atoms with Crippen LogP contribution in [0.5, 0.6) is 0 Å². The van der Waals surface area contributed by atoms with Crippen molar-refractivity contribution < 1.29 is 40.2 Å². The number of rotatable bonds is 34. The van der Waals surface area contributed by atoms with Crippen molar-refractivity contribution >= 4 is 11.9 Å². The SMILES string of the molecule is CC(C)(CO)CO.CC(C)(CO)CO.CC(C)CCCCCCCCCCCCCCC(=O)O.CC(C)CCCCCCCCCCCCCCC(=O)O. The molecule has 0 atom stereocenters. The summed E-state index contributed by atoms with van der Waals surface area (Å²) < 4.78 is 0. The van der Waals surface area contributed by atoms with Crippen LogP contribution in [0.1, 0.15) is 235 Å². The van der Waals surface area contributed by atoms with Crippen LogP contribution in [0.2, 0.25) is 0 Å². The number of aliphatic hydroxyl groups is 4. The summed E-state index contributed by atoms with van der Waals surface area (Å²) in [4.78, 5) is 20.7. The van der Waals surface area contributed by atoms with E-state index in [4.69, 9.17) is 30.6 Å². The largest absolute Gasteiger partial charge is 0.481 e. The van der Waals surface area contributed by atoms with Crippen LogP contribution < -0.4 is 0 Å². The van der Waals surface area contributed by atoms with Crippen LogP contribution >= 0.6 is 0 Å². The number of hydrogen-bond donors (Lipinski definition) is 6. The molecule has 328 valence electrons. The van der Waals surface area contributed by atoms with Gasteiger partial charge in [-0.25, -0.2) is 0 Å². The molecule has 0 aromatic heterocycles. The van der Waals surface area contributed by atoms with Crippen LogP contribution in [-0.4, -0.2) is 69.0 Å². The van der Waals surface area contributed by atoms with Crippen molar-refractivity contribution in [2.45, 2.75) is 235 Å². The molecule has 8 heteroatoms. The zero-order valence-electron chi connectivity index (χ0n) is 37.3. The van der Waals surface area contributed by atoms with Gasteiger partial charge in [-0.15, -0.1) is 0 Å². The summed E-state index contributed by atoms with van der Waals surface area (Å²) in [6.45, 7) is 16.6. The van der Waals surface area contributed by atoms with Crippen molar-refractivity contribution in [3.8, 4) is 0 Å². The molecule has 0 heterocycles. The molecule has 0 aliphatic heterocycles. The Bertz CT molecular complexity index is 677. The van der Waals surface area contributed by atoms with Crippen molar-refractivity contribution in [1.82, 2.24) is 0 Å². The normalized spacial score (nSPS) is 11.4. The highest BCUT2D eigenvalue weighted by Crippen LogP contribution is 2.16. The Morgan fingerprint density at radius 1 is 0.352 bits per heavy atom. The Hall–Kier alpha value is -1.22. The molecule has 0 aromatic rings. The fourth-order valence-corrected chi connectivity index (χ4v) is 5.29. The molecule has 0 aliphatic rings. The van der Waals surface area contributed by atoms with Crippen molar-refractivity contribution in [3.63, 3.8) is 0 Å². The topological polar surface area (TPSA) is 156 Å². The highest BCUT2D eigenvalue weighted by Gasteiger charge is 2.13. The average molecular weight is 777 g/mol. The fourth-order valence-electron chi connectivity index (χ4n) is 5.29. The van der Waals surface area contributed by atoms with Gasteiger partial charge in [-0.3, -0.25) is 9.59 Å². The van der Waals surface area contributed by atoms with E-state index in [0.29, 0.717) is 12.8 Å². The lowest BCUT2D eigenvalue weighted by atomic mass is 9.97. The van der Waals surface area contributed by atoms with Crippen LogP contribution in [0.4, 0.5) is 0 Å². The maximum absolute atomic E-state index is 10.3. The predicted octanol–water partition coefficient (Wildman–Crippen LogP) is 12.4. The Morgan fingerprint density at radius 2 is 0.519 bits per heavy atom. The van der Waals surface area contributed by atoms with E-state index in [1.807, 2.05) is 0 Å². The highest BCUT2D eigenvalue weighted by atomic mass is 16.4. The third-order valence-corrected chi connectivity index (χ3v) is 9.56. The summed E-state index contributed by atoms with van der Waals surface area (Å²) in [7, 11) is 0. The lowest BCUT2D eigenvalue weighted by Gasteiger charge is -2.16. The maximum Gasteiger partial charge on any atom is 0.303 e. The van der Waals surface area contributed by atoms with E-state index in [0.717, 1.165) is 37.5 Å². The number of carbonyl (C=O) groups is 2. The molecule has 0 spiro atoms. The van der Waals surface area contributed by atoms with Gasteiger partial charge in [0, 0.05) is 23.7 Å². The van der Waals surface area contributed by atoms with Gasteiger partial charge >= 0.3 is 11.9 Å². The number of carboxylic acid groups (broad SMARTS) is 2. The summed E-state index contributed by atoms with van der Waals surface area (Å²) in [5, 5.41) is 50.8. The number of hydrogen-bond acceptors (Lipinski definition) is 6. The Labute approximate surface area is 335 Å². The molecule has 0 fully saturated rings. The molecule has 0 radical (unpaired) electrons. The van der Waals surface area contributed by atoms with Gasteiger partial charge in [-0.05, 0) is 24.7 Å². The van der Waals surface area contributed by atoms with Gasteiger partial charge in [0.2, 0.25) is 0 Å². The number of aliphatic carboxylic acids is 2. The molecular weight excluding hydrogens is 680 g/mol. The van der Waals surface area contributed by atoms with Crippen LogP contribution in [0, 0.1) is 22.7 Å². The van der Waals surface area contributed by atoms with Crippen molar-refractivity contribution in [2.24, 2.45) is 22.7 Å². The zero-order chi connectivity index (χ0) is 41.9. The third kappa shape index (κ3) is 62.8. The Morgan fingerprint density at radius 3 is 0.648 bits per heavy atom. The smallest absolute Gasteiger partial charge is 0.303 e. The molecule has 0 saturated heterocycles. The number of carboxylic acids is 2. The lowest BCUT2D eigenvalue weighted by molar-refractivity contribution is -0.138. The molecule has 0 saturated carbocycles. The Balaban J connectivity index is -0.000000343. The first-order valence-corrected chi connectivity index (χ1v) is 22.4. The van der Waals surface area contributed by atoms with Crippen LogP contribution in [0.3, 0.4) is 0 Å². The zero-order valence-corrected chi connectivity index (χ0v) is 37.3.